The van der Waals surface area contributed by atoms with Gasteiger partial charge in [-0.2, -0.15) is 15.5 Å². The second-order valence-corrected chi connectivity index (χ2v) is 12.6. The summed E-state index contributed by atoms with van der Waals surface area (Å²) >= 11 is 6.30. The largest absolute Gasteiger partial charge is 0.351 e. The Morgan fingerprint density at radius 2 is 1.86 bits per heavy atom. The number of halogens is 1. The quantitative estimate of drug-likeness (QED) is 0.288. The van der Waals surface area contributed by atoms with Crippen LogP contribution in [0, 0.1) is 22.7 Å². The average molecular weight is 590 g/mol. The van der Waals surface area contributed by atoms with Gasteiger partial charge in [0.05, 0.1) is 33.9 Å². The maximum Gasteiger partial charge on any atom is 0.231 e. The first kappa shape index (κ1) is 25.9. The number of nitriles is 1. The number of fused-ring (bicyclic) bond motifs is 1. The van der Waals surface area contributed by atoms with E-state index in [0.717, 1.165) is 65.7 Å². The van der Waals surface area contributed by atoms with Crippen LogP contribution < -0.4 is 10.2 Å². The predicted molar refractivity (Wildman–Crippen MR) is 162 cm³/mol. The molecule has 214 valence electrons. The number of nitrogens with zero attached hydrogens (tertiary/aromatic N) is 8. The standard InChI is InChI=1S/C32H28ClN9O/c1-40-17-23(16-37-40)21-9-26(29-22(13-34)15-38-41(29)18-21)20-4-5-28(36-14-20)42-24-7-19-8-25(42)12-32(10-19,11-24)31(43)39-30-27(33)3-2-6-35-30/h2-6,9,14-19,24-25H,7-8,10-12H2,1H3,(H,35,39,43)/t19?,24-,25+,32?. The number of carbonyl (C=O) groups excluding carboxylic acids is 1. The number of nitrogens with one attached hydrogen (secondary N) is 1. The summed E-state index contributed by atoms with van der Waals surface area (Å²) in [5, 5.41) is 22.1. The van der Waals surface area contributed by atoms with Crippen molar-refractivity contribution in [2.45, 2.75) is 44.2 Å². The van der Waals surface area contributed by atoms with Crippen LogP contribution in [0.3, 0.4) is 0 Å². The van der Waals surface area contributed by atoms with E-state index in [1.54, 1.807) is 33.7 Å². The van der Waals surface area contributed by atoms with Gasteiger partial charge in [-0.15, -0.1) is 0 Å². The van der Waals surface area contributed by atoms with E-state index in [4.69, 9.17) is 16.6 Å². The number of amides is 1. The first-order chi connectivity index (χ1) is 20.9. The van der Waals surface area contributed by atoms with Crippen molar-refractivity contribution in [3.05, 3.63) is 78.1 Å². The molecule has 9 rings (SSSR count). The summed E-state index contributed by atoms with van der Waals surface area (Å²) in [4.78, 5) is 25.3. The number of hydrogen-bond acceptors (Lipinski definition) is 7. The molecule has 10 nitrogen and oxygen atoms in total. The molecule has 1 N–H and O–H groups in total. The topological polar surface area (TPSA) is 117 Å². The molecule has 4 fully saturated rings. The van der Waals surface area contributed by atoms with Crippen LogP contribution >= 0.6 is 11.6 Å². The second kappa shape index (κ2) is 9.64. The van der Waals surface area contributed by atoms with Crippen LogP contribution in [0.5, 0.6) is 0 Å². The van der Waals surface area contributed by atoms with Crippen LogP contribution in [0.4, 0.5) is 11.6 Å². The number of piperidine rings is 2. The van der Waals surface area contributed by atoms with Gasteiger partial charge in [0, 0.05) is 66.2 Å². The lowest BCUT2D eigenvalue weighted by Gasteiger charge is -2.61. The lowest BCUT2D eigenvalue weighted by molar-refractivity contribution is -0.134. The number of anilines is 2. The lowest BCUT2D eigenvalue weighted by atomic mass is 9.55. The van der Waals surface area contributed by atoms with Crippen molar-refractivity contribution in [3.63, 3.8) is 0 Å². The minimum atomic E-state index is -0.415. The summed E-state index contributed by atoms with van der Waals surface area (Å²) in [7, 11) is 1.89. The summed E-state index contributed by atoms with van der Waals surface area (Å²) < 4.78 is 3.52. The van der Waals surface area contributed by atoms with Gasteiger partial charge in [-0.05, 0) is 68.4 Å². The molecule has 2 aliphatic heterocycles. The van der Waals surface area contributed by atoms with Crippen molar-refractivity contribution in [2.24, 2.45) is 18.4 Å². The van der Waals surface area contributed by atoms with Crippen molar-refractivity contribution in [2.75, 3.05) is 10.2 Å². The summed E-state index contributed by atoms with van der Waals surface area (Å²) in [5.74, 6) is 1.91. The highest BCUT2D eigenvalue weighted by Crippen LogP contribution is 2.57. The van der Waals surface area contributed by atoms with Gasteiger partial charge in [-0.3, -0.25) is 9.48 Å². The Hall–Kier alpha value is -4.75. The molecule has 5 aromatic heterocycles. The van der Waals surface area contributed by atoms with Crippen LogP contribution in [0.1, 0.15) is 37.7 Å². The molecule has 7 heterocycles. The first-order valence-corrected chi connectivity index (χ1v) is 14.9. The van der Waals surface area contributed by atoms with Crippen molar-refractivity contribution in [3.8, 4) is 28.3 Å². The highest BCUT2D eigenvalue weighted by Gasteiger charge is 2.58. The third-order valence-electron chi connectivity index (χ3n) is 9.50. The number of hydrogen-bond donors (Lipinski definition) is 1. The molecule has 11 heteroatoms. The normalized spacial score (nSPS) is 23.9. The van der Waals surface area contributed by atoms with Gasteiger partial charge >= 0.3 is 0 Å². The number of aryl methyl sites for hydroxylation is 1. The minimum Gasteiger partial charge on any atom is -0.351 e. The monoisotopic (exact) mass is 589 g/mol. The highest BCUT2D eigenvalue weighted by molar-refractivity contribution is 6.33. The van der Waals surface area contributed by atoms with Crippen molar-refractivity contribution >= 4 is 34.7 Å². The molecule has 1 amide bonds. The molecule has 0 spiro atoms. The molecule has 4 aliphatic rings. The molecule has 2 unspecified atom stereocenters. The Labute approximate surface area is 252 Å². The van der Waals surface area contributed by atoms with Crippen LogP contribution in [0.15, 0.2) is 67.5 Å². The summed E-state index contributed by atoms with van der Waals surface area (Å²) in [6.45, 7) is 0. The van der Waals surface area contributed by atoms with Gasteiger partial charge in [-0.1, -0.05) is 11.6 Å². The summed E-state index contributed by atoms with van der Waals surface area (Å²) in [5.41, 5.74) is 4.56. The SMILES string of the molecule is Cn1cc(-c2cc(-c3ccc(N4[C@@H]5CC6C[C@H]4CC(C(=O)Nc4ncccc4Cl)(C6)C5)nc3)c3c(C#N)cnn3c2)cn1. The lowest BCUT2D eigenvalue weighted by Crippen LogP contribution is -2.64. The fourth-order valence-electron chi connectivity index (χ4n) is 7.85. The second-order valence-electron chi connectivity index (χ2n) is 12.1. The fraction of sp³-hybridized carbons (Fsp3) is 0.312. The molecule has 2 aliphatic carbocycles. The molecule has 4 bridgehead atoms. The molecule has 2 saturated carbocycles. The first-order valence-electron chi connectivity index (χ1n) is 14.5. The Balaban J connectivity index is 1.10. The number of carbonyl (C=O) groups is 1. The number of pyridine rings is 3. The van der Waals surface area contributed by atoms with Gasteiger partial charge in [0.2, 0.25) is 5.91 Å². The van der Waals surface area contributed by atoms with Crippen LogP contribution in [-0.4, -0.2) is 47.4 Å². The molecule has 43 heavy (non-hydrogen) atoms. The van der Waals surface area contributed by atoms with Gasteiger partial charge in [0.15, 0.2) is 5.82 Å². The Bertz CT molecular complexity index is 1920. The van der Waals surface area contributed by atoms with Crippen molar-refractivity contribution in [1.82, 2.24) is 29.4 Å². The zero-order valence-electron chi connectivity index (χ0n) is 23.5. The molecule has 2 saturated heterocycles. The summed E-state index contributed by atoms with van der Waals surface area (Å²) in [6, 6.07) is 12.5. The number of rotatable bonds is 5. The van der Waals surface area contributed by atoms with Gasteiger partial charge in [-0.25, -0.2) is 14.5 Å². The van der Waals surface area contributed by atoms with Crippen LogP contribution in [0.25, 0.3) is 27.8 Å². The van der Waals surface area contributed by atoms with E-state index < -0.39 is 5.41 Å². The maximum absolute atomic E-state index is 13.7. The van der Waals surface area contributed by atoms with Gasteiger partial charge in [0.1, 0.15) is 11.9 Å². The highest BCUT2D eigenvalue weighted by atomic mass is 35.5. The number of aromatic nitrogens is 6. The maximum atomic E-state index is 13.7. The minimum absolute atomic E-state index is 0.0297. The zero-order chi connectivity index (χ0) is 29.3. The van der Waals surface area contributed by atoms with E-state index in [1.165, 1.54) is 0 Å². The van der Waals surface area contributed by atoms with Crippen molar-refractivity contribution in [1.29, 1.82) is 5.26 Å². The molecule has 0 radical (unpaired) electrons. The van der Waals surface area contributed by atoms with E-state index in [-0.39, 0.29) is 18.0 Å². The van der Waals surface area contributed by atoms with Gasteiger partial charge in [0.25, 0.3) is 0 Å². The van der Waals surface area contributed by atoms with Crippen LogP contribution in [-0.2, 0) is 11.8 Å². The van der Waals surface area contributed by atoms with E-state index in [1.807, 2.05) is 31.8 Å². The van der Waals surface area contributed by atoms with Crippen LogP contribution in [0.2, 0.25) is 5.02 Å². The summed E-state index contributed by atoms with van der Waals surface area (Å²) in [6.07, 6.45) is 15.4. The molecule has 4 atom stereocenters. The molecular formula is C32H28ClN9O. The third kappa shape index (κ3) is 4.18. The Kier molecular flexibility index (Phi) is 5.81. The molecule has 5 aromatic rings. The Morgan fingerprint density at radius 1 is 1.02 bits per heavy atom. The average Bonchev–Trinajstić information content (AvgIpc) is 3.63. The molecule has 0 aromatic carbocycles. The van der Waals surface area contributed by atoms with E-state index in [0.29, 0.717) is 22.3 Å². The zero-order valence-corrected chi connectivity index (χ0v) is 24.2. The third-order valence-corrected chi connectivity index (χ3v) is 9.80. The Morgan fingerprint density at radius 3 is 2.56 bits per heavy atom. The van der Waals surface area contributed by atoms with Gasteiger partial charge < -0.3 is 10.2 Å². The molecular weight excluding hydrogens is 562 g/mol. The van der Waals surface area contributed by atoms with E-state index >= 15 is 0 Å². The van der Waals surface area contributed by atoms with E-state index in [9.17, 15) is 10.1 Å². The fourth-order valence-corrected chi connectivity index (χ4v) is 8.01. The van der Waals surface area contributed by atoms with Crippen molar-refractivity contribution < 1.29 is 4.79 Å². The smallest absolute Gasteiger partial charge is 0.231 e. The predicted octanol–water partition coefficient (Wildman–Crippen LogP) is 5.49. The van der Waals surface area contributed by atoms with E-state index in [2.05, 4.69) is 49.7 Å².